The van der Waals surface area contributed by atoms with Crippen molar-refractivity contribution in [3.05, 3.63) is 35.1 Å². The predicted molar refractivity (Wildman–Crippen MR) is 98.2 cm³/mol. The smallest absolute Gasteiger partial charge is 0.0770 e. The molecule has 2 heterocycles. The van der Waals surface area contributed by atoms with Crippen LogP contribution in [0, 0.1) is 5.41 Å². The van der Waals surface area contributed by atoms with Crippen molar-refractivity contribution in [2.45, 2.75) is 18.9 Å². The lowest BCUT2D eigenvalue weighted by Crippen LogP contribution is -2.43. The summed E-state index contributed by atoms with van der Waals surface area (Å²) in [6.07, 6.45) is 7.62. The highest BCUT2D eigenvalue weighted by Crippen LogP contribution is 2.36. The molecule has 0 atom stereocenters. The zero-order valence-electron chi connectivity index (χ0n) is 13.4. The summed E-state index contributed by atoms with van der Waals surface area (Å²) in [5.41, 5.74) is 3.62. The van der Waals surface area contributed by atoms with E-state index in [1.54, 1.807) is 0 Å². The van der Waals surface area contributed by atoms with E-state index in [0.717, 1.165) is 48.8 Å². The molecule has 6 nitrogen and oxygen atoms in total. The number of hydrogen-bond acceptors (Lipinski definition) is 5. The molecule has 0 unspecified atom stereocenters. The van der Waals surface area contributed by atoms with Crippen molar-refractivity contribution in [3.63, 3.8) is 0 Å². The Bertz CT molecular complexity index is 746. The monoisotopic (exact) mass is 344 g/mol. The second-order valence-electron chi connectivity index (χ2n) is 6.34. The second-order valence-corrected chi connectivity index (χ2v) is 6.74. The molecule has 3 N–H and O–H groups in total. The third-order valence-corrected chi connectivity index (χ3v) is 4.84. The Morgan fingerprint density at radius 3 is 2.79 bits per heavy atom. The lowest BCUT2D eigenvalue weighted by Gasteiger charge is -2.30. The van der Waals surface area contributed by atoms with Gasteiger partial charge in [0.1, 0.15) is 0 Å². The Morgan fingerprint density at radius 1 is 1.29 bits per heavy atom. The Balaban J connectivity index is 1.62. The number of aromatic nitrogens is 2. The molecule has 1 aliphatic heterocycles. The van der Waals surface area contributed by atoms with Gasteiger partial charge < -0.3 is 20.9 Å². The average Bonchev–Trinajstić information content (AvgIpc) is 3.36. The average molecular weight is 345 g/mol. The Morgan fingerprint density at radius 2 is 2.08 bits per heavy atom. The van der Waals surface area contributed by atoms with Gasteiger partial charge in [0, 0.05) is 49.8 Å². The molecule has 0 amide bonds. The zero-order valence-corrected chi connectivity index (χ0v) is 14.2. The van der Waals surface area contributed by atoms with Crippen molar-refractivity contribution >= 4 is 34.9 Å². The van der Waals surface area contributed by atoms with Gasteiger partial charge in [-0.2, -0.15) is 5.10 Å². The van der Waals surface area contributed by atoms with Crippen LogP contribution in [-0.2, 0) is 0 Å². The number of nitrogens with zero attached hydrogens (tertiary/aromatic N) is 3. The standard InChI is InChI=1S/C17H21ClN6/c18-15-7-12(9-19)16(8-17(15)23-5-3-20-4-6-23)22-13-10-21-24(11-13)14-1-2-14/h7-11,14,19-20,22H,1-6H2. The van der Waals surface area contributed by atoms with Gasteiger partial charge in [0.15, 0.2) is 0 Å². The summed E-state index contributed by atoms with van der Waals surface area (Å²) in [4.78, 5) is 2.28. The summed E-state index contributed by atoms with van der Waals surface area (Å²) in [7, 11) is 0. The van der Waals surface area contributed by atoms with Gasteiger partial charge in [-0.05, 0) is 25.0 Å². The summed E-state index contributed by atoms with van der Waals surface area (Å²) in [5, 5.41) is 19.5. The van der Waals surface area contributed by atoms with Gasteiger partial charge >= 0.3 is 0 Å². The van der Waals surface area contributed by atoms with Gasteiger partial charge in [-0.3, -0.25) is 4.68 Å². The van der Waals surface area contributed by atoms with Crippen LogP contribution in [0.15, 0.2) is 24.5 Å². The number of benzene rings is 1. The summed E-state index contributed by atoms with van der Waals surface area (Å²) in [6.45, 7) is 3.78. The SMILES string of the molecule is N=Cc1cc(Cl)c(N2CCNCC2)cc1Nc1cnn(C2CC2)c1. The van der Waals surface area contributed by atoms with E-state index in [4.69, 9.17) is 17.0 Å². The number of hydrogen-bond donors (Lipinski definition) is 3. The molecular formula is C17H21ClN6. The van der Waals surface area contributed by atoms with Crippen LogP contribution >= 0.6 is 11.6 Å². The van der Waals surface area contributed by atoms with Crippen LogP contribution in [-0.4, -0.2) is 42.2 Å². The minimum absolute atomic E-state index is 0.560. The first-order chi connectivity index (χ1) is 11.7. The van der Waals surface area contributed by atoms with Gasteiger partial charge in [-0.1, -0.05) is 11.6 Å². The Hall–Kier alpha value is -2.05. The van der Waals surface area contributed by atoms with Crippen LogP contribution in [0.1, 0.15) is 24.4 Å². The molecule has 126 valence electrons. The van der Waals surface area contributed by atoms with Crippen molar-refractivity contribution in [2.24, 2.45) is 0 Å². The first-order valence-corrected chi connectivity index (χ1v) is 8.73. The van der Waals surface area contributed by atoms with Crippen molar-refractivity contribution in [2.75, 3.05) is 36.4 Å². The molecule has 1 aromatic heterocycles. The number of rotatable bonds is 5. The van der Waals surface area contributed by atoms with E-state index in [9.17, 15) is 0 Å². The maximum atomic E-state index is 7.68. The minimum Gasteiger partial charge on any atom is -0.368 e. The Kier molecular flexibility index (Phi) is 4.16. The van der Waals surface area contributed by atoms with Gasteiger partial charge in [-0.25, -0.2) is 0 Å². The van der Waals surface area contributed by atoms with Gasteiger partial charge in [0.05, 0.1) is 28.6 Å². The molecular weight excluding hydrogens is 324 g/mol. The molecule has 0 spiro atoms. The van der Waals surface area contributed by atoms with Crippen LogP contribution in [0.3, 0.4) is 0 Å². The normalized spacial score (nSPS) is 17.8. The summed E-state index contributed by atoms with van der Waals surface area (Å²) >= 11 is 6.46. The van der Waals surface area contributed by atoms with Gasteiger partial charge in [-0.15, -0.1) is 0 Å². The summed E-state index contributed by atoms with van der Waals surface area (Å²) < 4.78 is 2.01. The summed E-state index contributed by atoms with van der Waals surface area (Å²) in [6, 6.07) is 4.46. The molecule has 1 aliphatic carbocycles. The van der Waals surface area contributed by atoms with Crippen molar-refractivity contribution in [3.8, 4) is 0 Å². The molecule has 2 aromatic rings. The highest BCUT2D eigenvalue weighted by Gasteiger charge is 2.24. The first-order valence-electron chi connectivity index (χ1n) is 8.35. The molecule has 24 heavy (non-hydrogen) atoms. The van der Waals surface area contributed by atoms with Crippen molar-refractivity contribution in [1.29, 1.82) is 5.41 Å². The van der Waals surface area contributed by atoms with E-state index < -0.39 is 0 Å². The Labute approximate surface area is 146 Å². The van der Waals surface area contributed by atoms with Crippen molar-refractivity contribution in [1.82, 2.24) is 15.1 Å². The van der Waals surface area contributed by atoms with Gasteiger partial charge in [0.2, 0.25) is 0 Å². The summed E-state index contributed by atoms with van der Waals surface area (Å²) in [5.74, 6) is 0. The van der Waals surface area contributed by atoms with Crippen LogP contribution in [0.2, 0.25) is 5.02 Å². The van der Waals surface area contributed by atoms with Crippen LogP contribution in [0.4, 0.5) is 17.1 Å². The predicted octanol–water partition coefficient (Wildman–Crippen LogP) is 3.02. The molecule has 1 saturated heterocycles. The fourth-order valence-electron chi connectivity index (χ4n) is 3.05. The van der Waals surface area contributed by atoms with E-state index in [0.29, 0.717) is 11.1 Å². The molecule has 1 aromatic carbocycles. The number of halogens is 1. The van der Waals surface area contributed by atoms with E-state index in [1.807, 2.05) is 29.2 Å². The topological polar surface area (TPSA) is 69.0 Å². The third kappa shape index (κ3) is 3.12. The minimum atomic E-state index is 0.560. The molecule has 4 rings (SSSR count). The number of anilines is 3. The van der Waals surface area contributed by atoms with Crippen LogP contribution in [0.25, 0.3) is 0 Å². The van der Waals surface area contributed by atoms with Gasteiger partial charge in [0.25, 0.3) is 0 Å². The fraction of sp³-hybridized carbons (Fsp3) is 0.412. The quantitative estimate of drug-likeness (QED) is 0.729. The molecule has 0 bridgehead atoms. The maximum absolute atomic E-state index is 7.68. The van der Waals surface area contributed by atoms with E-state index >= 15 is 0 Å². The highest BCUT2D eigenvalue weighted by atomic mass is 35.5. The van der Waals surface area contributed by atoms with E-state index in [1.165, 1.54) is 19.1 Å². The molecule has 1 saturated carbocycles. The van der Waals surface area contributed by atoms with Crippen LogP contribution < -0.4 is 15.5 Å². The lowest BCUT2D eigenvalue weighted by molar-refractivity contribution is 0.589. The molecule has 0 radical (unpaired) electrons. The molecule has 2 fully saturated rings. The van der Waals surface area contributed by atoms with E-state index in [2.05, 4.69) is 20.6 Å². The van der Waals surface area contributed by atoms with E-state index in [-0.39, 0.29) is 0 Å². The highest BCUT2D eigenvalue weighted by molar-refractivity contribution is 6.33. The van der Waals surface area contributed by atoms with Crippen LogP contribution in [0.5, 0.6) is 0 Å². The second kappa shape index (κ2) is 6.45. The first kappa shape index (κ1) is 15.5. The maximum Gasteiger partial charge on any atom is 0.0770 e. The lowest BCUT2D eigenvalue weighted by atomic mass is 10.1. The van der Waals surface area contributed by atoms with Crippen molar-refractivity contribution < 1.29 is 0 Å². The largest absolute Gasteiger partial charge is 0.368 e. The molecule has 2 aliphatic rings. The molecule has 7 heteroatoms. The zero-order chi connectivity index (χ0) is 16.5. The number of piperazine rings is 1. The number of nitrogens with one attached hydrogen (secondary N) is 3. The fourth-order valence-corrected chi connectivity index (χ4v) is 3.34. The third-order valence-electron chi connectivity index (χ3n) is 4.53.